The van der Waals surface area contributed by atoms with Crippen molar-refractivity contribution in [3.05, 3.63) is 51.5 Å². The summed E-state index contributed by atoms with van der Waals surface area (Å²) < 4.78 is 1.70. The number of H-pyrrole nitrogens is 1. The second-order valence-corrected chi connectivity index (χ2v) is 7.66. The Morgan fingerprint density at radius 1 is 1.21 bits per heavy atom. The molecule has 1 aromatic heterocycles. The topological polar surface area (TPSA) is 96.0 Å². The van der Waals surface area contributed by atoms with Crippen LogP contribution in [0.2, 0.25) is 0 Å². The summed E-state index contributed by atoms with van der Waals surface area (Å²) in [5, 5.41) is 6.14. The Bertz CT molecular complexity index is 1030. The van der Waals surface area contributed by atoms with Gasteiger partial charge in [-0.3, -0.25) is 19.0 Å². The largest absolute Gasteiger partial charge is 0.354 e. The van der Waals surface area contributed by atoms with E-state index < -0.39 is 0 Å². The molecule has 2 aromatic rings. The minimum absolute atomic E-state index is 0.0769. The number of rotatable bonds is 7. The summed E-state index contributed by atoms with van der Waals surface area (Å²) in [4.78, 5) is 40.0. The van der Waals surface area contributed by atoms with Crippen LogP contribution < -0.4 is 16.2 Å². The van der Waals surface area contributed by atoms with Crippen LogP contribution in [0.1, 0.15) is 42.5 Å². The van der Waals surface area contributed by atoms with Gasteiger partial charge < -0.3 is 15.6 Å². The van der Waals surface area contributed by atoms with Crippen LogP contribution in [0.25, 0.3) is 10.9 Å². The third-order valence-corrected chi connectivity index (χ3v) is 5.56. The predicted molar refractivity (Wildman–Crippen MR) is 116 cm³/mol. The van der Waals surface area contributed by atoms with E-state index in [0.717, 1.165) is 25.7 Å². The average Bonchev–Trinajstić information content (AvgIpc) is 2.74. The van der Waals surface area contributed by atoms with Gasteiger partial charge in [-0.15, -0.1) is 6.58 Å². The number of aromatic nitrogens is 2. The fourth-order valence-corrected chi connectivity index (χ4v) is 3.93. The van der Waals surface area contributed by atoms with E-state index in [9.17, 15) is 14.4 Å². The van der Waals surface area contributed by atoms with E-state index in [0.29, 0.717) is 36.1 Å². The summed E-state index contributed by atoms with van der Waals surface area (Å²) in [6.45, 7) is 4.68. The van der Waals surface area contributed by atoms with Gasteiger partial charge >= 0.3 is 0 Å². The Morgan fingerprint density at radius 3 is 2.66 bits per heavy atom. The van der Waals surface area contributed by atoms with Crippen molar-refractivity contribution in [2.75, 3.05) is 13.1 Å². The number of amides is 2. The van der Waals surface area contributed by atoms with E-state index in [2.05, 4.69) is 22.2 Å². The molecule has 154 valence electrons. The monoisotopic (exact) mass is 414 g/mol. The minimum atomic E-state index is -0.270. The zero-order valence-electron chi connectivity index (χ0n) is 16.3. The van der Waals surface area contributed by atoms with Crippen molar-refractivity contribution >= 4 is 34.9 Å². The average molecular weight is 415 g/mol. The number of hydrogen-bond acceptors (Lipinski definition) is 4. The van der Waals surface area contributed by atoms with Gasteiger partial charge in [0.05, 0.1) is 10.9 Å². The molecule has 0 aliphatic heterocycles. The highest BCUT2D eigenvalue weighted by Gasteiger charge is 2.20. The number of allylic oxidation sites excluding steroid dienone is 1. The van der Waals surface area contributed by atoms with E-state index in [-0.39, 0.29) is 28.1 Å². The van der Waals surface area contributed by atoms with Crippen molar-refractivity contribution in [3.63, 3.8) is 0 Å². The molecule has 3 N–H and O–H groups in total. The number of benzene rings is 1. The first-order valence-electron chi connectivity index (χ1n) is 9.95. The minimum Gasteiger partial charge on any atom is -0.354 e. The fraction of sp³-hybridized carbons (Fsp3) is 0.429. The number of aromatic amines is 1. The molecule has 0 bridgehead atoms. The third-order valence-electron chi connectivity index (χ3n) is 5.24. The van der Waals surface area contributed by atoms with Gasteiger partial charge in [0.2, 0.25) is 5.91 Å². The van der Waals surface area contributed by atoms with Crippen LogP contribution in [0.3, 0.4) is 0 Å². The van der Waals surface area contributed by atoms with E-state index >= 15 is 0 Å². The Morgan fingerprint density at radius 2 is 1.93 bits per heavy atom. The summed E-state index contributed by atoms with van der Waals surface area (Å²) in [6, 6.07) is 4.83. The molecule has 1 aliphatic rings. The molecule has 1 saturated carbocycles. The SMILES string of the molecule is C=CCn1c(=S)[nH]c2cc(C(=O)NCCNC(=O)C3CCCCC3)ccc2c1=O. The molecular weight excluding hydrogens is 388 g/mol. The predicted octanol–water partition coefficient (Wildman–Crippen LogP) is 2.67. The summed E-state index contributed by atoms with van der Waals surface area (Å²) >= 11 is 5.22. The molecule has 29 heavy (non-hydrogen) atoms. The lowest BCUT2D eigenvalue weighted by Crippen LogP contribution is -2.38. The van der Waals surface area contributed by atoms with Crippen molar-refractivity contribution in [3.8, 4) is 0 Å². The summed E-state index contributed by atoms with van der Waals surface area (Å²) in [7, 11) is 0. The lowest BCUT2D eigenvalue weighted by atomic mass is 9.89. The van der Waals surface area contributed by atoms with E-state index in [1.165, 1.54) is 11.0 Å². The first kappa shape index (κ1) is 21.0. The summed E-state index contributed by atoms with van der Waals surface area (Å²) in [6.07, 6.45) is 6.93. The van der Waals surface area contributed by atoms with Crippen LogP contribution >= 0.6 is 12.2 Å². The number of nitrogens with zero attached hydrogens (tertiary/aromatic N) is 1. The van der Waals surface area contributed by atoms with Crippen molar-refractivity contribution in [1.82, 2.24) is 20.2 Å². The van der Waals surface area contributed by atoms with Gasteiger partial charge in [-0.1, -0.05) is 25.3 Å². The lowest BCUT2D eigenvalue weighted by Gasteiger charge is -2.20. The maximum atomic E-state index is 12.5. The summed E-state index contributed by atoms with van der Waals surface area (Å²) in [5.74, 6) is -0.0883. The molecule has 0 radical (unpaired) electrons. The number of carbonyl (C=O) groups is 2. The van der Waals surface area contributed by atoms with Crippen LogP contribution in [0.5, 0.6) is 0 Å². The maximum Gasteiger partial charge on any atom is 0.262 e. The van der Waals surface area contributed by atoms with Gasteiger partial charge in [0.25, 0.3) is 11.5 Å². The van der Waals surface area contributed by atoms with Gasteiger partial charge in [0.15, 0.2) is 4.77 Å². The fourth-order valence-electron chi connectivity index (χ4n) is 3.66. The molecule has 2 amide bonds. The molecule has 0 unspecified atom stereocenters. The highest BCUT2D eigenvalue weighted by Crippen LogP contribution is 2.23. The summed E-state index contributed by atoms with van der Waals surface area (Å²) in [5.41, 5.74) is 0.710. The third kappa shape index (κ3) is 5.00. The van der Waals surface area contributed by atoms with Crippen molar-refractivity contribution < 1.29 is 9.59 Å². The van der Waals surface area contributed by atoms with Gasteiger partial charge in [-0.05, 0) is 43.3 Å². The van der Waals surface area contributed by atoms with Crippen molar-refractivity contribution in [2.45, 2.75) is 38.6 Å². The first-order chi connectivity index (χ1) is 14.0. The number of fused-ring (bicyclic) bond motifs is 1. The quantitative estimate of drug-likeness (QED) is 0.369. The highest BCUT2D eigenvalue weighted by atomic mass is 32.1. The zero-order chi connectivity index (χ0) is 20.8. The Hall–Kier alpha value is -2.74. The lowest BCUT2D eigenvalue weighted by molar-refractivity contribution is -0.125. The van der Waals surface area contributed by atoms with E-state index in [1.54, 1.807) is 24.3 Å². The number of carbonyl (C=O) groups excluding carboxylic acids is 2. The molecule has 0 atom stereocenters. The van der Waals surface area contributed by atoms with Gasteiger partial charge in [-0.25, -0.2) is 0 Å². The molecule has 1 aromatic carbocycles. The van der Waals surface area contributed by atoms with Crippen molar-refractivity contribution in [2.24, 2.45) is 5.92 Å². The molecule has 0 saturated heterocycles. The Balaban J connectivity index is 1.60. The molecule has 1 fully saturated rings. The Labute approximate surface area is 174 Å². The van der Waals surface area contributed by atoms with Crippen LogP contribution in [-0.2, 0) is 11.3 Å². The highest BCUT2D eigenvalue weighted by molar-refractivity contribution is 7.71. The molecule has 1 heterocycles. The molecule has 8 heteroatoms. The standard InChI is InChI=1S/C21H26N4O3S/c1-2-12-25-20(28)16-9-8-15(13-17(16)24-21(25)29)19(27)23-11-10-22-18(26)14-6-4-3-5-7-14/h2,8-9,13-14H,1,3-7,10-12H2,(H,22,26)(H,23,27)(H,24,29). The van der Waals surface area contributed by atoms with E-state index in [1.807, 2.05) is 0 Å². The number of nitrogens with one attached hydrogen (secondary N) is 3. The zero-order valence-corrected chi connectivity index (χ0v) is 17.1. The van der Waals surface area contributed by atoms with Crippen LogP contribution in [-0.4, -0.2) is 34.5 Å². The normalized spacial score (nSPS) is 14.5. The second-order valence-electron chi connectivity index (χ2n) is 7.28. The van der Waals surface area contributed by atoms with Gasteiger partial charge in [0.1, 0.15) is 0 Å². The molecular formula is C21H26N4O3S. The number of hydrogen-bond donors (Lipinski definition) is 3. The van der Waals surface area contributed by atoms with Gasteiger partial charge in [-0.2, -0.15) is 0 Å². The smallest absolute Gasteiger partial charge is 0.262 e. The molecule has 3 rings (SSSR count). The van der Waals surface area contributed by atoms with Crippen LogP contribution in [0.15, 0.2) is 35.6 Å². The first-order valence-corrected chi connectivity index (χ1v) is 10.4. The molecule has 7 nitrogen and oxygen atoms in total. The van der Waals surface area contributed by atoms with Crippen LogP contribution in [0.4, 0.5) is 0 Å². The van der Waals surface area contributed by atoms with E-state index in [4.69, 9.17) is 12.2 Å². The van der Waals surface area contributed by atoms with Gasteiger partial charge in [0, 0.05) is 31.1 Å². The molecule has 1 aliphatic carbocycles. The maximum absolute atomic E-state index is 12.5. The second kappa shape index (κ2) is 9.65. The van der Waals surface area contributed by atoms with Crippen molar-refractivity contribution in [1.29, 1.82) is 0 Å². The van der Waals surface area contributed by atoms with Crippen LogP contribution in [0, 0.1) is 10.7 Å². The molecule has 0 spiro atoms. The Kier molecular flexibility index (Phi) is 6.98.